The number of rotatable bonds is 3. The van der Waals surface area contributed by atoms with Gasteiger partial charge in [-0.05, 0) is 23.6 Å². The predicted octanol–water partition coefficient (Wildman–Crippen LogP) is 3.71. The zero-order valence-corrected chi connectivity index (χ0v) is 8.11. The summed E-state index contributed by atoms with van der Waals surface area (Å²) in [5.74, 6) is 0. The molecule has 0 aromatic heterocycles. The average molecular weight is 205 g/mol. The van der Waals surface area contributed by atoms with Crippen LogP contribution in [0.1, 0.15) is 18.1 Å². The minimum atomic E-state index is -2.33. The zero-order chi connectivity index (χ0) is 9.84. The molecule has 0 unspecified atom stereocenters. The van der Waals surface area contributed by atoms with Crippen molar-refractivity contribution in [3.05, 3.63) is 34.3 Å². The fraction of sp³-hybridized carbons (Fsp3) is 0.400. The van der Waals surface area contributed by atoms with Gasteiger partial charge in [-0.1, -0.05) is 30.7 Å². The summed E-state index contributed by atoms with van der Waals surface area (Å²) in [5, 5.41) is 0.444. The molecule has 0 saturated heterocycles. The van der Waals surface area contributed by atoms with Crippen molar-refractivity contribution < 1.29 is 8.78 Å². The van der Waals surface area contributed by atoms with Gasteiger partial charge in [0.15, 0.2) is 0 Å². The lowest BCUT2D eigenvalue weighted by molar-refractivity contribution is 0.149. The van der Waals surface area contributed by atoms with Crippen LogP contribution in [0.3, 0.4) is 0 Å². The maximum atomic E-state index is 12.2. The van der Waals surface area contributed by atoms with E-state index >= 15 is 0 Å². The van der Waals surface area contributed by atoms with Gasteiger partial charge < -0.3 is 0 Å². The molecular formula is C10H11ClF2. The summed E-state index contributed by atoms with van der Waals surface area (Å²) in [6.07, 6.45) is -1.84. The summed E-state index contributed by atoms with van der Waals surface area (Å²) in [5.41, 5.74) is 1.49. The van der Waals surface area contributed by atoms with Crippen LogP contribution in [0.4, 0.5) is 8.78 Å². The van der Waals surface area contributed by atoms with E-state index in [0.717, 1.165) is 12.0 Å². The third kappa shape index (κ3) is 2.66. The highest BCUT2D eigenvalue weighted by Gasteiger charge is 2.11. The van der Waals surface area contributed by atoms with Gasteiger partial charge in [0, 0.05) is 11.4 Å². The van der Waals surface area contributed by atoms with Gasteiger partial charge in [0.2, 0.25) is 6.43 Å². The first kappa shape index (κ1) is 10.5. The second-order valence-corrected chi connectivity index (χ2v) is 3.23. The van der Waals surface area contributed by atoms with E-state index in [-0.39, 0.29) is 6.42 Å². The molecule has 0 aliphatic heterocycles. The van der Waals surface area contributed by atoms with Crippen LogP contribution in [-0.2, 0) is 12.8 Å². The minimum Gasteiger partial charge on any atom is -0.210 e. The highest BCUT2D eigenvalue weighted by Crippen LogP contribution is 2.23. The molecule has 0 N–H and O–H groups in total. The first-order valence-electron chi connectivity index (χ1n) is 4.19. The van der Waals surface area contributed by atoms with E-state index in [2.05, 4.69) is 0 Å². The third-order valence-electron chi connectivity index (χ3n) is 1.96. The van der Waals surface area contributed by atoms with Crippen LogP contribution in [0.25, 0.3) is 0 Å². The second-order valence-electron chi connectivity index (χ2n) is 2.83. The van der Waals surface area contributed by atoms with Crippen molar-refractivity contribution in [2.45, 2.75) is 26.2 Å². The largest absolute Gasteiger partial charge is 0.242 e. The molecule has 0 spiro atoms. The van der Waals surface area contributed by atoms with Gasteiger partial charge in [0.1, 0.15) is 0 Å². The molecule has 1 rings (SSSR count). The number of hydrogen-bond donors (Lipinski definition) is 0. The van der Waals surface area contributed by atoms with Gasteiger partial charge in [0.05, 0.1) is 0 Å². The van der Waals surface area contributed by atoms with Crippen molar-refractivity contribution >= 4 is 11.6 Å². The molecule has 3 heteroatoms. The molecule has 0 bridgehead atoms. The van der Waals surface area contributed by atoms with Crippen LogP contribution < -0.4 is 0 Å². The fourth-order valence-corrected chi connectivity index (χ4v) is 1.59. The summed E-state index contributed by atoms with van der Waals surface area (Å²) in [6.45, 7) is 1.93. The van der Waals surface area contributed by atoms with E-state index in [0.29, 0.717) is 10.6 Å². The molecule has 0 heterocycles. The van der Waals surface area contributed by atoms with Gasteiger partial charge >= 0.3 is 0 Å². The summed E-state index contributed by atoms with van der Waals surface area (Å²) in [6, 6.07) is 5.28. The quantitative estimate of drug-likeness (QED) is 0.704. The molecule has 0 atom stereocenters. The maximum absolute atomic E-state index is 12.2. The number of aryl methyl sites for hydroxylation is 1. The fourth-order valence-electron chi connectivity index (χ4n) is 1.32. The topological polar surface area (TPSA) is 0 Å². The zero-order valence-electron chi connectivity index (χ0n) is 7.36. The molecule has 0 fully saturated rings. The number of alkyl halides is 2. The Morgan fingerprint density at radius 1 is 1.38 bits per heavy atom. The van der Waals surface area contributed by atoms with E-state index in [1.54, 1.807) is 12.1 Å². The summed E-state index contributed by atoms with van der Waals surface area (Å²) in [4.78, 5) is 0. The standard InChI is InChI=1S/C10H11ClF2/c1-2-7-4-3-5-9(11)8(7)6-10(12)13/h3-5,10H,2,6H2,1H3. The van der Waals surface area contributed by atoms with Crippen molar-refractivity contribution in [3.63, 3.8) is 0 Å². The van der Waals surface area contributed by atoms with Crippen molar-refractivity contribution in [3.8, 4) is 0 Å². The number of benzene rings is 1. The van der Waals surface area contributed by atoms with Crippen LogP contribution in [-0.4, -0.2) is 6.43 Å². The average Bonchev–Trinajstić information content (AvgIpc) is 2.08. The smallest absolute Gasteiger partial charge is 0.210 e. The van der Waals surface area contributed by atoms with E-state index < -0.39 is 6.43 Å². The Hall–Kier alpha value is -0.630. The lowest BCUT2D eigenvalue weighted by Crippen LogP contribution is -2.01. The van der Waals surface area contributed by atoms with Gasteiger partial charge in [-0.15, -0.1) is 0 Å². The molecule has 0 saturated carbocycles. The Morgan fingerprint density at radius 3 is 2.62 bits per heavy atom. The molecule has 13 heavy (non-hydrogen) atoms. The van der Waals surface area contributed by atoms with Crippen LogP contribution in [0.15, 0.2) is 18.2 Å². The van der Waals surface area contributed by atoms with Crippen LogP contribution in [0.2, 0.25) is 5.02 Å². The highest BCUT2D eigenvalue weighted by molar-refractivity contribution is 6.31. The molecule has 1 aromatic carbocycles. The molecular weight excluding hydrogens is 194 g/mol. The molecule has 72 valence electrons. The van der Waals surface area contributed by atoms with E-state index in [4.69, 9.17) is 11.6 Å². The van der Waals surface area contributed by atoms with Crippen LogP contribution >= 0.6 is 11.6 Å². The van der Waals surface area contributed by atoms with Gasteiger partial charge in [-0.25, -0.2) is 8.78 Å². The van der Waals surface area contributed by atoms with E-state index in [9.17, 15) is 8.78 Å². The Balaban J connectivity index is 3.00. The van der Waals surface area contributed by atoms with Gasteiger partial charge in [-0.2, -0.15) is 0 Å². The Bertz CT molecular complexity index is 284. The normalized spacial score (nSPS) is 10.8. The maximum Gasteiger partial charge on any atom is 0.242 e. The van der Waals surface area contributed by atoms with Crippen molar-refractivity contribution in [2.75, 3.05) is 0 Å². The minimum absolute atomic E-state index is 0.247. The predicted molar refractivity (Wildman–Crippen MR) is 50.5 cm³/mol. The Kier molecular flexibility index (Phi) is 3.67. The van der Waals surface area contributed by atoms with Crippen molar-refractivity contribution in [1.82, 2.24) is 0 Å². The van der Waals surface area contributed by atoms with Crippen molar-refractivity contribution in [1.29, 1.82) is 0 Å². The first-order valence-corrected chi connectivity index (χ1v) is 4.57. The summed E-state index contributed by atoms with van der Waals surface area (Å²) >= 11 is 5.82. The summed E-state index contributed by atoms with van der Waals surface area (Å²) < 4.78 is 24.3. The van der Waals surface area contributed by atoms with Crippen LogP contribution in [0, 0.1) is 0 Å². The second kappa shape index (κ2) is 4.56. The first-order chi connectivity index (χ1) is 6.15. The van der Waals surface area contributed by atoms with Gasteiger partial charge in [0.25, 0.3) is 0 Å². The molecule has 0 amide bonds. The number of hydrogen-bond acceptors (Lipinski definition) is 0. The molecule has 0 aliphatic carbocycles. The summed E-state index contributed by atoms with van der Waals surface area (Å²) in [7, 11) is 0. The van der Waals surface area contributed by atoms with Crippen LogP contribution in [0.5, 0.6) is 0 Å². The van der Waals surface area contributed by atoms with E-state index in [1.807, 2.05) is 13.0 Å². The third-order valence-corrected chi connectivity index (χ3v) is 2.31. The van der Waals surface area contributed by atoms with E-state index in [1.165, 1.54) is 0 Å². The highest BCUT2D eigenvalue weighted by atomic mass is 35.5. The lowest BCUT2D eigenvalue weighted by Gasteiger charge is -2.08. The molecule has 0 aliphatic rings. The number of halogens is 3. The van der Waals surface area contributed by atoms with Gasteiger partial charge in [-0.3, -0.25) is 0 Å². The monoisotopic (exact) mass is 204 g/mol. The molecule has 1 aromatic rings. The van der Waals surface area contributed by atoms with Crippen molar-refractivity contribution in [2.24, 2.45) is 0 Å². The SMILES string of the molecule is CCc1cccc(Cl)c1CC(F)F. The lowest BCUT2D eigenvalue weighted by atomic mass is 10.0. The Morgan fingerprint density at radius 2 is 2.08 bits per heavy atom. The Labute approximate surface area is 81.5 Å². The molecule has 0 radical (unpaired) electrons. The molecule has 0 nitrogen and oxygen atoms in total.